The molecule has 10 nitrogen and oxygen atoms in total. The molecule has 0 aliphatic carbocycles. The Labute approximate surface area is 193 Å². The molecule has 0 spiro atoms. The predicted molar refractivity (Wildman–Crippen MR) is 125 cm³/mol. The van der Waals surface area contributed by atoms with Crippen molar-refractivity contribution in [3.8, 4) is 17.3 Å². The maximum atomic E-state index is 12.4. The first kappa shape index (κ1) is 22.8. The highest BCUT2D eigenvalue weighted by molar-refractivity contribution is 5.86. The Morgan fingerprint density at radius 1 is 1.27 bits per heavy atom. The second-order valence-electron chi connectivity index (χ2n) is 9.18. The first-order valence-electron chi connectivity index (χ1n) is 11.2. The van der Waals surface area contributed by atoms with Crippen LogP contribution in [0.1, 0.15) is 39.7 Å². The first-order valence-corrected chi connectivity index (χ1v) is 11.2. The lowest BCUT2D eigenvalue weighted by atomic mass is 10.2. The van der Waals surface area contributed by atoms with E-state index >= 15 is 0 Å². The zero-order valence-corrected chi connectivity index (χ0v) is 20.0. The van der Waals surface area contributed by atoms with Crippen molar-refractivity contribution < 1.29 is 14.3 Å². The maximum Gasteiger partial charge on any atom is 0.410 e. The summed E-state index contributed by atoms with van der Waals surface area (Å²) in [4.78, 5) is 32.4. The summed E-state index contributed by atoms with van der Waals surface area (Å²) in [7, 11) is 1.61. The Kier molecular flexibility index (Phi) is 6.09. The van der Waals surface area contributed by atoms with Gasteiger partial charge in [0.25, 0.3) is 0 Å². The molecule has 1 aliphatic heterocycles. The number of imidazole rings is 1. The number of pyridine rings is 1. The molecule has 176 valence electrons. The minimum Gasteiger partial charge on any atom is -0.481 e. The summed E-state index contributed by atoms with van der Waals surface area (Å²) in [5, 5.41) is 3.47. The lowest BCUT2D eigenvalue weighted by Gasteiger charge is -2.24. The molecule has 0 bridgehead atoms. The Morgan fingerprint density at radius 2 is 2.06 bits per heavy atom. The van der Waals surface area contributed by atoms with Crippen molar-refractivity contribution in [1.29, 1.82) is 0 Å². The molecule has 10 heteroatoms. The molecule has 1 amide bonds. The third-order valence-electron chi connectivity index (χ3n) is 5.51. The molecule has 1 saturated heterocycles. The molecule has 0 aromatic carbocycles. The van der Waals surface area contributed by atoms with Crippen molar-refractivity contribution in [1.82, 2.24) is 29.4 Å². The summed E-state index contributed by atoms with van der Waals surface area (Å²) in [5.41, 5.74) is 2.75. The van der Waals surface area contributed by atoms with Gasteiger partial charge < -0.3 is 24.3 Å². The molecule has 1 fully saturated rings. The molecule has 3 aromatic heterocycles. The monoisotopic (exact) mass is 453 g/mol. The standard InChI is InChI=1S/C23H31N7O3/c1-7-30-19(15-10-14(2)21(32-6)24-11-15)28-17-18(25-13-26-20(17)30)27-16-8-9-29(12-16)22(31)33-23(3,4)5/h10-11,13,16H,7-9,12H2,1-6H3,(H,25,26,27). The van der Waals surface area contributed by atoms with Crippen LogP contribution in [0, 0.1) is 6.92 Å². The number of likely N-dealkylation sites (tertiary alicyclic amines) is 1. The molecular formula is C23H31N7O3. The van der Waals surface area contributed by atoms with Crippen molar-refractivity contribution in [2.75, 3.05) is 25.5 Å². The van der Waals surface area contributed by atoms with E-state index in [0.717, 1.165) is 29.0 Å². The number of aryl methyl sites for hydroxylation is 2. The number of ether oxygens (including phenoxy) is 2. The highest BCUT2D eigenvalue weighted by Crippen LogP contribution is 2.29. The van der Waals surface area contributed by atoms with Crippen LogP contribution in [0.15, 0.2) is 18.6 Å². The number of nitrogens with one attached hydrogen (secondary N) is 1. The zero-order valence-electron chi connectivity index (χ0n) is 20.0. The highest BCUT2D eigenvalue weighted by Gasteiger charge is 2.30. The summed E-state index contributed by atoms with van der Waals surface area (Å²) < 4.78 is 12.8. The second kappa shape index (κ2) is 8.84. The average molecular weight is 454 g/mol. The van der Waals surface area contributed by atoms with Crippen molar-refractivity contribution in [3.63, 3.8) is 0 Å². The maximum absolute atomic E-state index is 12.4. The van der Waals surface area contributed by atoms with Crippen molar-refractivity contribution >= 4 is 23.1 Å². The summed E-state index contributed by atoms with van der Waals surface area (Å²) in [6, 6.07) is 2.06. The first-order chi connectivity index (χ1) is 15.7. The summed E-state index contributed by atoms with van der Waals surface area (Å²) in [6.07, 6.45) is 3.81. The third kappa shape index (κ3) is 4.69. The normalized spacial score (nSPS) is 16.3. The number of carbonyl (C=O) groups is 1. The number of hydrogen-bond acceptors (Lipinski definition) is 8. The number of aromatic nitrogens is 5. The number of carbonyl (C=O) groups excluding carboxylic acids is 1. The molecule has 0 saturated carbocycles. The van der Waals surface area contributed by atoms with Gasteiger partial charge in [0.2, 0.25) is 5.88 Å². The second-order valence-corrected chi connectivity index (χ2v) is 9.18. The van der Waals surface area contributed by atoms with Gasteiger partial charge in [0.15, 0.2) is 17.0 Å². The fourth-order valence-electron chi connectivity index (χ4n) is 4.02. The van der Waals surface area contributed by atoms with Crippen LogP contribution in [0.25, 0.3) is 22.6 Å². The lowest BCUT2D eigenvalue weighted by Crippen LogP contribution is -2.36. The highest BCUT2D eigenvalue weighted by atomic mass is 16.6. The topological polar surface area (TPSA) is 107 Å². The third-order valence-corrected chi connectivity index (χ3v) is 5.51. The molecule has 4 rings (SSSR count). The van der Waals surface area contributed by atoms with Gasteiger partial charge in [-0.25, -0.2) is 24.7 Å². The van der Waals surface area contributed by atoms with E-state index in [4.69, 9.17) is 14.5 Å². The predicted octanol–water partition coefficient (Wildman–Crippen LogP) is 3.65. The molecule has 33 heavy (non-hydrogen) atoms. The Hall–Kier alpha value is -3.43. The zero-order chi connectivity index (χ0) is 23.8. The van der Waals surface area contributed by atoms with Gasteiger partial charge in [-0.2, -0.15) is 0 Å². The van der Waals surface area contributed by atoms with E-state index in [1.54, 1.807) is 24.5 Å². The van der Waals surface area contributed by atoms with Crippen LogP contribution in [0.4, 0.5) is 10.6 Å². The average Bonchev–Trinajstić information content (AvgIpc) is 3.37. The molecule has 1 aliphatic rings. The van der Waals surface area contributed by atoms with Gasteiger partial charge in [-0.05, 0) is 47.1 Å². The van der Waals surface area contributed by atoms with E-state index in [0.29, 0.717) is 36.8 Å². The van der Waals surface area contributed by atoms with Crippen LogP contribution >= 0.6 is 0 Å². The van der Waals surface area contributed by atoms with Gasteiger partial charge in [0, 0.05) is 43.0 Å². The number of hydrogen-bond donors (Lipinski definition) is 1. The van der Waals surface area contributed by atoms with Crippen LogP contribution in [0.3, 0.4) is 0 Å². The molecule has 1 atom stereocenters. The largest absolute Gasteiger partial charge is 0.481 e. The number of nitrogens with zero attached hydrogens (tertiary/aromatic N) is 6. The van der Waals surface area contributed by atoms with Crippen LogP contribution in [-0.4, -0.2) is 67.3 Å². The van der Waals surface area contributed by atoms with E-state index in [-0.39, 0.29) is 12.1 Å². The van der Waals surface area contributed by atoms with E-state index in [9.17, 15) is 4.79 Å². The van der Waals surface area contributed by atoms with Gasteiger partial charge in [0.1, 0.15) is 17.8 Å². The number of anilines is 1. The molecular weight excluding hydrogens is 422 g/mol. The molecule has 1 N–H and O–H groups in total. The summed E-state index contributed by atoms with van der Waals surface area (Å²) in [6.45, 7) is 11.5. The van der Waals surface area contributed by atoms with Crippen molar-refractivity contribution in [3.05, 3.63) is 24.2 Å². The number of fused-ring (bicyclic) bond motifs is 1. The Morgan fingerprint density at radius 3 is 2.73 bits per heavy atom. The fourth-order valence-corrected chi connectivity index (χ4v) is 4.02. The van der Waals surface area contributed by atoms with Gasteiger partial charge in [-0.1, -0.05) is 0 Å². The number of rotatable bonds is 5. The minimum absolute atomic E-state index is 0.0516. The summed E-state index contributed by atoms with van der Waals surface area (Å²) in [5.74, 6) is 2.02. The van der Waals surface area contributed by atoms with Crippen LogP contribution in [0.5, 0.6) is 5.88 Å². The van der Waals surface area contributed by atoms with Gasteiger partial charge >= 0.3 is 6.09 Å². The van der Waals surface area contributed by atoms with Gasteiger partial charge in [-0.3, -0.25) is 0 Å². The van der Waals surface area contributed by atoms with E-state index < -0.39 is 5.60 Å². The molecule has 0 radical (unpaired) electrons. The molecule has 1 unspecified atom stereocenters. The van der Waals surface area contributed by atoms with E-state index in [2.05, 4.69) is 27.2 Å². The van der Waals surface area contributed by atoms with E-state index in [1.165, 1.54) is 0 Å². The summed E-state index contributed by atoms with van der Waals surface area (Å²) >= 11 is 0. The van der Waals surface area contributed by atoms with Crippen molar-refractivity contribution in [2.24, 2.45) is 0 Å². The molecule has 3 aromatic rings. The van der Waals surface area contributed by atoms with Crippen molar-refractivity contribution in [2.45, 2.75) is 59.2 Å². The van der Waals surface area contributed by atoms with Gasteiger partial charge in [-0.15, -0.1) is 0 Å². The lowest BCUT2D eigenvalue weighted by molar-refractivity contribution is 0.0293. The molecule has 4 heterocycles. The van der Waals surface area contributed by atoms with Crippen LogP contribution in [-0.2, 0) is 11.3 Å². The number of amides is 1. The Balaban J connectivity index is 1.60. The van der Waals surface area contributed by atoms with Gasteiger partial charge in [0.05, 0.1) is 7.11 Å². The van der Waals surface area contributed by atoms with Crippen LogP contribution < -0.4 is 10.1 Å². The SMILES string of the molecule is CCn1c(-c2cnc(OC)c(C)c2)nc2c(NC3CCN(C(=O)OC(C)(C)C)C3)ncnc21. The smallest absolute Gasteiger partial charge is 0.410 e. The Bertz CT molecular complexity index is 1170. The van der Waals surface area contributed by atoms with Crippen LogP contribution in [0.2, 0.25) is 0 Å². The fraction of sp³-hybridized carbons (Fsp3) is 0.522. The number of methoxy groups -OCH3 is 1. The quantitative estimate of drug-likeness (QED) is 0.624. The van der Waals surface area contributed by atoms with E-state index in [1.807, 2.05) is 38.3 Å². The minimum atomic E-state index is -0.514.